The lowest BCUT2D eigenvalue weighted by molar-refractivity contribution is -0.144. The molecule has 0 saturated carbocycles. The van der Waals surface area contributed by atoms with Gasteiger partial charge in [0.25, 0.3) is 0 Å². The number of carbonyl (C=O) groups excluding carboxylic acids is 8. The third kappa shape index (κ3) is 24.1. The molecule has 0 spiro atoms. The Labute approximate surface area is 422 Å². The number of hydrogen-bond acceptors (Lipinski definition) is 14. The van der Waals surface area contributed by atoms with Crippen molar-refractivity contribution in [3.8, 4) is 0 Å². The first kappa shape index (κ1) is 63.7. The van der Waals surface area contributed by atoms with Crippen molar-refractivity contribution < 1.29 is 53.4 Å². The highest BCUT2D eigenvalue weighted by molar-refractivity contribution is 7.98. The lowest BCUT2D eigenvalue weighted by Gasteiger charge is -2.30. The van der Waals surface area contributed by atoms with E-state index in [9.17, 15) is 53.4 Å². The van der Waals surface area contributed by atoms with Crippen LogP contribution in [0.15, 0.2) is 4.99 Å². The molecule has 1 rings (SSSR count). The van der Waals surface area contributed by atoms with Crippen molar-refractivity contribution in [2.24, 2.45) is 45.7 Å². The number of nitrogens with one attached hydrogen (secondary N) is 7. The number of nitrogens with zero attached hydrogens (tertiary/aromatic N) is 2. The third-order valence-electron chi connectivity index (χ3n) is 11.5. The fourth-order valence-electron chi connectivity index (χ4n) is 7.73. The van der Waals surface area contributed by atoms with E-state index in [4.69, 9.17) is 22.9 Å². The maximum absolute atomic E-state index is 14.2. The first-order valence-electron chi connectivity index (χ1n) is 24.6. The van der Waals surface area contributed by atoms with Crippen LogP contribution in [0.1, 0.15) is 119 Å². The molecule has 0 radical (unpaired) electrons. The molecule has 1 aliphatic rings. The van der Waals surface area contributed by atoms with E-state index in [1.165, 1.54) is 23.6 Å². The summed E-state index contributed by atoms with van der Waals surface area (Å²) >= 11 is 1.53. The third-order valence-corrected chi connectivity index (χ3v) is 12.2. The van der Waals surface area contributed by atoms with Gasteiger partial charge in [-0.25, -0.2) is 4.79 Å². The largest absolute Gasteiger partial charge is 0.480 e. The number of nitrogens with two attached hydrogens (primary N) is 4. The molecule has 9 atom stereocenters. The van der Waals surface area contributed by atoms with Gasteiger partial charge in [0.1, 0.15) is 48.3 Å². The predicted octanol–water partition coefficient (Wildman–Crippen LogP) is -2.13. The Morgan fingerprint density at radius 3 is 1.63 bits per heavy atom. The van der Waals surface area contributed by atoms with Crippen LogP contribution in [0.4, 0.5) is 0 Å². The lowest BCUT2D eigenvalue weighted by atomic mass is 9.99. The summed E-state index contributed by atoms with van der Waals surface area (Å²) in [6.45, 7) is 12.0. The molecule has 1 saturated heterocycles. The molecule has 0 bridgehead atoms. The van der Waals surface area contributed by atoms with Gasteiger partial charge in [-0.2, -0.15) is 11.8 Å². The minimum atomic E-state index is -1.64. The summed E-state index contributed by atoms with van der Waals surface area (Å²) in [7, 11) is 0. The van der Waals surface area contributed by atoms with E-state index >= 15 is 0 Å². The van der Waals surface area contributed by atoms with Gasteiger partial charge in [-0.1, -0.05) is 41.5 Å². The summed E-state index contributed by atoms with van der Waals surface area (Å²) in [6.07, 6.45) is 4.50. The topological polar surface area (TPSA) is 398 Å². The number of aliphatic carboxylic acids is 1. The molecule has 25 heteroatoms. The fraction of sp³-hybridized carbons (Fsp3) is 0.783. The zero-order valence-corrected chi connectivity index (χ0v) is 43.7. The van der Waals surface area contributed by atoms with Crippen molar-refractivity contribution in [2.75, 3.05) is 38.2 Å². The second-order valence-electron chi connectivity index (χ2n) is 19.3. The van der Waals surface area contributed by atoms with Crippen molar-refractivity contribution in [1.82, 2.24) is 42.1 Å². The molecule has 0 aromatic carbocycles. The van der Waals surface area contributed by atoms with Gasteiger partial charge < -0.3 is 75.3 Å². The molecule has 71 heavy (non-hydrogen) atoms. The van der Waals surface area contributed by atoms with E-state index in [2.05, 4.69) is 42.2 Å². The number of guanidine groups is 1. The summed E-state index contributed by atoms with van der Waals surface area (Å²) in [5, 5.41) is 38.3. The van der Waals surface area contributed by atoms with Gasteiger partial charge in [0.05, 0.1) is 12.6 Å². The van der Waals surface area contributed by atoms with Crippen LogP contribution in [0.2, 0.25) is 0 Å². The number of carboxylic acid groups (broad SMARTS) is 1. The average Bonchev–Trinajstić information content (AvgIpc) is 3.79. The van der Waals surface area contributed by atoms with E-state index in [0.717, 1.165) is 0 Å². The fourth-order valence-corrected chi connectivity index (χ4v) is 8.22. The van der Waals surface area contributed by atoms with Gasteiger partial charge in [0.2, 0.25) is 47.3 Å². The Kier molecular flexibility index (Phi) is 30.0. The van der Waals surface area contributed by atoms with Crippen LogP contribution in [0.25, 0.3) is 0 Å². The van der Waals surface area contributed by atoms with Crippen LogP contribution in [0.3, 0.4) is 0 Å². The predicted molar refractivity (Wildman–Crippen MR) is 271 cm³/mol. The molecular weight excluding hydrogens is 943 g/mol. The number of thioether (sulfide) groups is 1. The quantitative estimate of drug-likeness (QED) is 0.0186. The molecule has 0 aromatic rings. The second-order valence-corrected chi connectivity index (χ2v) is 20.3. The normalized spacial score (nSPS) is 16.9. The number of amides is 8. The molecule has 1 aliphatic heterocycles. The maximum atomic E-state index is 14.2. The summed E-state index contributed by atoms with van der Waals surface area (Å²) in [6, 6.07) is -10.6. The first-order chi connectivity index (χ1) is 33.4. The number of aliphatic hydroxyl groups excluding tert-OH is 1. The lowest BCUT2D eigenvalue weighted by Crippen LogP contribution is -2.61. The molecule has 1 heterocycles. The Bertz CT molecular complexity index is 1790. The highest BCUT2D eigenvalue weighted by Gasteiger charge is 2.40. The minimum Gasteiger partial charge on any atom is -0.480 e. The number of carbonyl (C=O) groups is 9. The van der Waals surface area contributed by atoms with Gasteiger partial charge in [0, 0.05) is 13.1 Å². The average molecular weight is 1030 g/mol. The highest BCUT2D eigenvalue weighted by atomic mass is 32.2. The van der Waals surface area contributed by atoms with E-state index in [1.807, 2.05) is 34.0 Å². The summed E-state index contributed by atoms with van der Waals surface area (Å²) < 4.78 is 0. The second kappa shape index (κ2) is 33.4. The Morgan fingerprint density at radius 2 is 1.11 bits per heavy atom. The van der Waals surface area contributed by atoms with Crippen molar-refractivity contribution in [3.63, 3.8) is 0 Å². The van der Waals surface area contributed by atoms with Crippen LogP contribution in [0, 0.1) is 17.8 Å². The van der Waals surface area contributed by atoms with Gasteiger partial charge in [0.15, 0.2) is 5.96 Å². The van der Waals surface area contributed by atoms with E-state index in [1.54, 1.807) is 13.8 Å². The van der Waals surface area contributed by atoms with Crippen LogP contribution >= 0.6 is 11.8 Å². The van der Waals surface area contributed by atoms with E-state index in [0.29, 0.717) is 31.4 Å². The Morgan fingerprint density at radius 1 is 0.634 bits per heavy atom. The van der Waals surface area contributed by atoms with Crippen LogP contribution in [-0.4, -0.2) is 167 Å². The zero-order valence-electron chi connectivity index (χ0n) is 42.9. The summed E-state index contributed by atoms with van der Waals surface area (Å²) in [4.78, 5) is 126. The van der Waals surface area contributed by atoms with Gasteiger partial charge in [-0.3, -0.25) is 43.3 Å². The molecule has 0 aromatic heterocycles. The Hall–Kier alpha value is -5.27. The summed E-state index contributed by atoms with van der Waals surface area (Å²) in [5.74, 6) is -6.73. The van der Waals surface area contributed by atoms with Gasteiger partial charge in [-0.05, 0) is 114 Å². The molecule has 24 nitrogen and oxygen atoms in total. The number of carboxylic acids is 1. The number of hydrogen-bond donors (Lipinski definition) is 13. The monoisotopic (exact) mass is 1030 g/mol. The van der Waals surface area contributed by atoms with Gasteiger partial charge in [-0.15, -0.1) is 0 Å². The standard InChI is InChI=1S/C46H85N13O11S/c1-25(2)21-32(55-38(62)29(48)16-20-71-8)41(65)56-33(22-26(3)4)40(64)53-30(14-11-18-51-46(49)50)39(63)58-35(24-60)42(66)54-31(13-9-10-17-47)44(68)59-19-12-15-36(59)43(67)52-28(7)37(61)57-34(45(69)70)23-27(5)6/h25-36,60H,9-24,47-48H2,1-8H3,(H,52,67)(H,53,64)(H,54,66)(H,55,62)(H,56,65)(H,57,61)(H,58,63)(H,69,70)(H4,49,50,51)/t28-,29-,30-,31-,32-,33-,34-,35-,36-/m0/s1. The van der Waals surface area contributed by atoms with Crippen LogP contribution < -0.4 is 60.2 Å². The molecule has 0 unspecified atom stereocenters. The number of rotatable bonds is 34. The Balaban J connectivity index is 3.36. The maximum Gasteiger partial charge on any atom is 0.326 e. The number of unbranched alkanes of at least 4 members (excludes halogenated alkanes) is 1. The summed E-state index contributed by atoms with van der Waals surface area (Å²) in [5.41, 5.74) is 22.8. The SMILES string of the molecule is CSCC[C@H](N)C(=O)N[C@@H](CC(C)C)C(=O)N[C@@H](CC(C)C)C(=O)N[C@@H](CCCN=C(N)N)C(=O)N[C@@H](CO)C(=O)N[C@@H](CCCCN)C(=O)N1CCC[C@H]1C(=O)N[C@@H](C)C(=O)N[C@@H](CC(C)C)C(=O)O. The number of aliphatic imine (C=N–C) groups is 1. The molecule has 1 fully saturated rings. The van der Waals surface area contributed by atoms with E-state index < -0.39 is 114 Å². The van der Waals surface area contributed by atoms with Crippen molar-refractivity contribution >= 4 is 70.9 Å². The first-order valence-corrected chi connectivity index (χ1v) is 26.0. The minimum absolute atomic E-state index is 0.0315. The number of aliphatic hydroxyl groups is 1. The van der Waals surface area contributed by atoms with Crippen molar-refractivity contribution in [1.29, 1.82) is 0 Å². The van der Waals surface area contributed by atoms with Crippen molar-refractivity contribution in [3.05, 3.63) is 0 Å². The highest BCUT2D eigenvalue weighted by Crippen LogP contribution is 2.21. The molecule has 0 aliphatic carbocycles. The molecular formula is C46H85N13O11S. The van der Waals surface area contributed by atoms with Gasteiger partial charge >= 0.3 is 5.97 Å². The number of likely N-dealkylation sites (tertiary alicyclic amines) is 1. The molecule has 8 amide bonds. The molecule has 17 N–H and O–H groups in total. The van der Waals surface area contributed by atoms with Crippen molar-refractivity contribution in [2.45, 2.75) is 173 Å². The zero-order chi connectivity index (χ0) is 54.0. The van der Waals surface area contributed by atoms with E-state index in [-0.39, 0.29) is 88.3 Å². The van der Waals surface area contributed by atoms with Crippen LogP contribution in [0.5, 0.6) is 0 Å². The smallest absolute Gasteiger partial charge is 0.326 e. The van der Waals surface area contributed by atoms with Crippen LogP contribution in [-0.2, 0) is 43.2 Å². The molecule has 406 valence electrons.